The van der Waals surface area contributed by atoms with Gasteiger partial charge in [0.2, 0.25) is 11.8 Å². The second kappa shape index (κ2) is 10.9. The van der Waals surface area contributed by atoms with Crippen LogP contribution < -0.4 is 5.32 Å². The lowest BCUT2D eigenvalue weighted by molar-refractivity contribution is -0.161. The summed E-state index contributed by atoms with van der Waals surface area (Å²) in [7, 11) is 2.05. The van der Waals surface area contributed by atoms with Gasteiger partial charge in [-0.3, -0.25) is 14.5 Å². The Labute approximate surface area is 242 Å². The SMILES string of the molecule is CN1C(=O)CC[C@]2(C)C3CC[C@]4(C)C(C(=O)N(C(=S)NC5CCCCC5)C5CCCCC5)CCC4C3CC[C@@H]12. The predicted octanol–water partition coefficient (Wildman–Crippen LogP) is 6.83. The van der Waals surface area contributed by atoms with E-state index in [0.29, 0.717) is 48.1 Å². The van der Waals surface area contributed by atoms with Crippen molar-refractivity contribution < 1.29 is 9.59 Å². The molecule has 6 rings (SSSR count). The molecule has 1 aliphatic heterocycles. The summed E-state index contributed by atoms with van der Waals surface area (Å²) in [6.45, 7) is 4.98. The lowest BCUT2D eigenvalue weighted by atomic mass is 9.47. The first-order valence-corrected chi connectivity index (χ1v) is 17.0. The third kappa shape index (κ3) is 4.77. The lowest BCUT2D eigenvalue weighted by Gasteiger charge is -2.61. The monoisotopic (exact) mass is 555 g/mol. The number of nitrogens with one attached hydrogen (secondary N) is 1. The summed E-state index contributed by atoms with van der Waals surface area (Å²) in [5, 5.41) is 4.44. The van der Waals surface area contributed by atoms with Crippen LogP contribution in [-0.2, 0) is 9.59 Å². The summed E-state index contributed by atoms with van der Waals surface area (Å²) in [5.74, 6) is 2.78. The summed E-state index contributed by atoms with van der Waals surface area (Å²) in [6.07, 6.45) is 20.8. The molecular formula is C33H53N3O2S. The van der Waals surface area contributed by atoms with Crippen LogP contribution in [0.5, 0.6) is 0 Å². The molecule has 5 aliphatic carbocycles. The molecule has 5 saturated carbocycles. The molecule has 6 heteroatoms. The quantitative estimate of drug-likeness (QED) is 0.388. The summed E-state index contributed by atoms with van der Waals surface area (Å²) in [4.78, 5) is 31.4. The van der Waals surface area contributed by atoms with Crippen LogP contribution in [0.2, 0.25) is 0 Å². The fourth-order valence-corrected chi connectivity index (χ4v) is 11.4. The first kappa shape index (κ1) is 28.0. The van der Waals surface area contributed by atoms with Gasteiger partial charge in [0.15, 0.2) is 5.11 Å². The molecule has 1 saturated heterocycles. The molecular weight excluding hydrogens is 502 g/mol. The molecule has 1 N–H and O–H groups in total. The number of likely N-dealkylation sites (tertiary alicyclic amines) is 1. The highest BCUT2D eigenvalue weighted by atomic mass is 32.1. The zero-order valence-electron chi connectivity index (χ0n) is 24.9. The van der Waals surface area contributed by atoms with Crippen LogP contribution >= 0.6 is 12.2 Å². The van der Waals surface area contributed by atoms with Crippen molar-refractivity contribution in [3.05, 3.63) is 0 Å². The molecule has 1 heterocycles. The first-order valence-electron chi connectivity index (χ1n) is 16.6. The van der Waals surface area contributed by atoms with Crippen molar-refractivity contribution in [2.45, 2.75) is 148 Å². The largest absolute Gasteiger partial charge is 0.359 e. The molecule has 0 radical (unpaired) electrons. The molecule has 4 unspecified atom stereocenters. The van der Waals surface area contributed by atoms with Gasteiger partial charge in [-0.25, -0.2) is 0 Å². The van der Waals surface area contributed by atoms with E-state index in [1.165, 1.54) is 70.6 Å². The van der Waals surface area contributed by atoms with Gasteiger partial charge < -0.3 is 10.2 Å². The fourth-order valence-electron chi connectivity index (χ4n) is 11.0. The average molecular weight is 556 g/mol. The normalized spacial score (nSPS) is 41.4. The number of carbonyl (C=O) groups excluding carboxylic acids is 2. The molecule has 2 amide bonds. The number of rotatable bonds is 3. The van der Waals surface area contributed by atoms with E-state index in [1.807, 2.05) is 7.05 Å². The number of amides is 2. The van der Waals surface area contributed by atoms with Crippen molar-refractivity contribution in [2.24, 2.45) is 34.5 Å². The van der Waals surface area contributed by atoms with Gasteiger partial charge in [0, 0.05) is 37.5 Å². The Morgan fingerprint density at radius 2 is 1.51 bits per heavy atom. The number of hydrogen-bond donors (Lipinski definition) is 1. The van der Waals surface area contributed by atoms with Gasteiger partial charge in [0.05, 0.1) is 0 Å². The zero-order chi connectivity index (χ0) is 27.4. The highest BCUT2D eigenvalue weighted by Crippen LogP contribution is 2.66. The predicted molar refractivity (Wildman–Crippen MR) is 160 cm³/mol. The Morgan fingerprint density at radius 1 is 0.846 bits per heavy atom. The fraction of sp³-hybridized carbons (Fsp3) is 0.909. The number of fused-ring (bicyclic) bond motifs is 5. The van der Waals surface area contributed by atoms with Crippen molar-refractivity contribution >= 4 is 29.1 Å². The Hall–Kier alpha value is -1.17. The third-order valence-corrected chi connectivity index (χ3v) is 13.5. The highest BCUT2D eigenvalue weighted by Gasteiger charge is 2.62. The number of thiocarbonyl (C=S) groups is 1. The summed E-state index contributed by atoms with van der Waals surface area (Å²) < 4.78 is 0. The van der Waals surface area contributed by atoms with Gasteiger partial charge in [-0.05, 0) is 111 Å². The van der Waals surface area contributed by atoms with Crippen molar-refractivity contribution in [3.8, 4) is 0 Å². The highest BCUT2D eigenvalue weighted by molar-refractivity contribution is 7.80. The minimum absolute atomic E-state index is 0.0746. The van der Waals surface area contributed by atoms with E-state index < -0.39 is 0 Å². The van der Waals surface area contributed by atoms with Gasteiger partial charge >= 0.3 is 0 Å². The van der Waals surface area contributed by atoms with E-state index >= 15 is 0 Å². The van der Waals surface area contributed by atoms with E-state index in [-0.39, 0.29) is 22.8 Å². The zero-order valence-corrected chi connectivity index (χ0v) is 25.7. The van der Waals surface area contributed by atoms with Crippen LogP contribution in [0.4, 0.5) is 0 Å². The smallest absolute Gasteiger partial charge is 0.232 e. The minimum Gasteiger partial charge on any atom is -0.359 e. The molecule has 0 aromatic carbocycles. The molecule has 7 atom stereocenters. The lowest BCUT2D eigenvalue weighted by Crippen LogP contribution is -2.62. The van der Waals surface area contributed by atoms with Crippen LogP contribution in [0.1, 0.15) is 129 Å². The molecule has 0 aromatic rings. The van der Waals surface area contributed by atoms with Gasteiger partial charge in [-0.2, -0.15) is 0 Å². The Bertz CT molecular complexity index is 959. The van der Waals surface area contributed by atoms with Crippen LogP contribution in [-0.4, -0.2) is 51.9 Å². The third-order valence-electron chi connectivity index (χ3n) is 13.2. The van der Waals surface area contributed by atoms with Crippen LogP contribution in [0.25, 0.3) is 0 Å². The molecule has 0 spiro atoms. The number of carbonyl (C=O) groups is 2. The number of nitrogens with zero attached hydrogens (tertiary/aromatic N) is 2. The Kier molecular flexibility index (Phi) is 7.83. The van der Waals surface area contributed by atoms with Gasteiger partial charge in [-0.1, -0.05) is 52.4 Å². The number of piperidine rings is 1. The molecule has 5 nitrogen and oxygen atoms in total. The van der Waals surface area contributed by atoms with E-state index in [1.54, 1.807) is 0 Å². The summed E-state index contributed by atoms with van der Waals surface area (Å²) in [6, 6.07) is 1.11. The molecule has 39 heavy (non-hydrogen) atoms. The van der Waals surface area contributed by atoms with Gasteiger partial charge in [0.1, 0.15) is 0 Å². The molecule has 6 aliphatic rings. The Balaban J connectivity index is 1.22. The first-order chi connectivity index (χ1) is 18.7. The topological polar surface area (TPSA) is 52.7 Å². The van der Waals surface area contributed by atoms with E-state index in [9.17, 15) is 9.59 Å². The maximum absolute atomic E-state index is 14.7. The van der Waals surface area contributed by atoms with Crippen molar-refractivity contribution in [1.29, 1.82) is 0 Å². The molecule has 0 bridgehead atoms. The van der Waals surface area contributed by atoms with Gasteiger partial charge in [0.25, 0.3) is 0 Å². The molecule has 218 valence electrons. The van der Waals surface area contributed by atoms with Crippen molar-refractivity contribution in [2.75, 3.05) is 7.05 Å². The van der Waals surface area contributed by atoms with E-state index in [2.05, 4.69) is 29.0 Å². The molecule has 0 aromatic heterocycles. The summed E-state index contributed by atoms with van der Waals surface area (Å²) in [5.41, 5.74) is 0.305. The van der Waals surface area contributed by atoms with Crippen LogP contribution in [0.3, 0.4) is 0 Å². The van der Waals surface area contributed by atoms with E-state index in [4.69, 9.17) is 12.2 Å². The van der Waals surface area contributed by atoms with Crippen LogP contribution in [0, 0.1) is 34.5 Å². The second-order valence-electron chi connectivity index (χ2n) is 14.9. The average Bonchev–Trinajstić information content (AvgIpc) is 3.29. The second-order valence-corrected chi connectivity index (χ2v) is 15.3. The minimum atomic E-state index is 0.0746. The van der Waals surface area contributed by atoms with E-state index in [0.717, 1.165) is 43.6 Å². The van der Waals surface area contributed by atoms with Crippen LogP contribution in [0.15, 0.2) is 0 Å². The summed E-state index contributed by atoms with van der Waals surface area (Å²) >= 11 is 6.09. The van der Waals surface area contributed by atoms with Gasteiger partial charge in [-0.15, -0.1) is 0 Å². The number of hydrogen-bond acceptors (Lipinski definition) is 3. The Morgan fingerprint density at radius 3 is 2.23 bits per heavy atom. The maximum atomic E-state index is 14.7. The van der Waals surface area contributed by atoms with Crippen molar-refractivity contribution in [1.82, 2.24) is 15.1 Å². The standard InChI is InChI=1S/C33H53N3O2S/c1-32-20-18-26-24(14-17-28-33(26,2)21-19-29(37)35(28)3)25(32)15-16-27(32)30(38)36(23-12-8-5-9-13-23)31(39)34-22-10-6-4-7-11-22/h22-28H,4-21H2,1-3H3,(H,34,39)/t24?,25?,26?,27?,28-,32+,33-/m1/s1. The molecule has 6 fully saturated rings. The van der Waals surface area contributed by atoms with Crippen molar-refractivity contribution in [3.63, 3.8) is 0 Å². The maximum Gasteiger partial charge on any atom is 0.232 e.